The summed E-state index contributed by atoms with van der Waals surface area (Å²) in [4.78, 5) is 27.1. The number of likely N-dealkylation sites (tertiary alicyclic amines) is 1. The Morgan fingerprint density at radius 2 is 1.88 bits per heavy atom. The molecule has 1 saturated carbocycles. The Balaban J connectivity index is 1.62. The fourth-order valence-electron chi connectivity index (χ4n) is 4.16. The highest BCUT2D eigenvalue weighted by atomic mass is 16.2. The Kier molecular flexibility index (Phi) is 5.74. The van der Waals surface area contributed by atoms with Crippen molar-refractivity contribution in [2.24, 2.45) is 17.6 Å². The summed E-state index contributed by atoms with van der Waals surface area (Å²) >= 11 is 0. The lowest BCUT2D eigenvalue weighted by atomic mass is 9.95. The first kappa shape index (κ1) is 17.9. The van der Waals surface area contributed by atoms with Gasteiger partial charge >= 0.3 is 0 Å². The minimum atomic E-state index is 0.0144. The van der Waals surface area contributed by atoms with Crippen LogP contribution in [0, 0.1) is 11.8 Å². The van der Waals surface area contributed by atoms with Gasteiger partial charge in [0.05, 0.1) is 0 Å². The molecule has 1 heterocycles. The normalized spacial score (nSPS) is 26.5. The molecular formula is C20H29N3O2. The number of nitrogens with zero attached hydrogens (tertiary/aromatic N) is 1. The fourth-order valence-corrected chi connectivity index (χ4v) is 4.16. The number of nitrogens with one attached hydrogen (secondary N) is 1. The summed E-state index contributed by atoms with van der Waals surface area (Å²) < 4.78 is 0. The second-order valence-electron chi connectivity index (χ2n) is 7.44. The molecule has 1 aromatic carbocycles. The third-order valence-corrected chi connectivity index (χ3v) is 5.76. The zero-order chi connectivity index (χ0) is 17.8. The van der Waals surface area contributed by atoms with Gasteiger partial charge in [-0.3, -0.25) is 9.59 Å². The molecule has 1 aliphatic heterocycles. The minimum Gasteiger partial charge on any atom is -0.336 e. The zero-order valence-electron chi connectivity index (χ0n) is 15.0. The SMILES string of the molecule is CC1CCCCN1C(=O)c1ccc(NC(=O)[C@@H]2CCC[C@@H]2CN)cc1. The van der Waals surface area contributed by atoms with E-state index < -0.39 is 0 Å². The number of hydrogen-bond donors (Lipinski definition) is 2. The van der Waals surface area contributed by atoms with Gasteiger partial charge in [-0.15, -0.1) is 0 Å². The maximum atomic E-state index is 12.7. The average molecular weight is 343 g/mol. The topological polar surface area (TPSA) is 75.4 Å². The summed E-state index contributed by atoms with van der Waals surface area (Å²) in [6, 6.07) is 7.58. The van der Waals surface area contributed by atoms with Crippen LogP contribution in [0.15, 0.2) is 24.3 Å². The van der Waals surface area contributed by atoms with Crippen molar-refractivity contribution in [3.63, 3.8) is 0 Å². The summed E-state index contributed by atoms with van der Waals surface area (Å²) in [6.45, 7) is 3.52. The van der Waals surface area contributed by atoms with Crippen LogP contribution in [0.25, 0.3) is 0 Å². The maximum Gasteiger partial charge on any atom is 0.254 e. The van der Waals surface area contributed by atoms with Crippen molar-refractivity contribution < 1.29 is 9.59 Å². The van der Waals surface area contributed by atoms with Crippen LogP contribution in [0.3, 0.4) is 0 Å². The van der Waals surface area contributed by atoms with Crippen LogP contribution in [0.1, 0.15) is 55.8 Å². The van der Waals surface area contributed by atoms with Crippen LogP contribution in [0.5, 0.6) is 0 Å². The highest BCUT2D eigenvalue weighted by molar-refractivity contribution is 5.96. The second-order valence-corrected chi connectivity index (χ2v) is 7.44. The fraction of sp³-hybridized carbons (Fsp3) is 0.600. The molecule has 3 N–H and O–H groups in total. The summed E-state index contributed by atoms with van der Waals surface area (Å²) in [5, 5.41) is 2.98. The maximum absolute atomic E-state index is 12.7. The summed E-state index contributed by atoms with van der Waals surface area (Å²) in [7, 11) is 0. The first-order chi connectivity index (χ1) is 12.1. The van der Waals surface area contributed by atoms with E-state index in [1.807, 2.05) is 29.2 Å². The average Bonchev–Trinajstić information content (AvgIpc) is 3.11. The molecule has 2 amide bonds. The lowest BCUT2D eigenvalue weighted by molar-refractivity contribution is -0.120. The predicted molar refractivity (Wildman–Crippen MR) is 99.3 cm³/mol. The number of anilines is 1. The largest absolute Gasteiger partial charge is 0.336 e. The van der Waals surface area contributed by atoms with Crippen molar-refractivity contribution in [1.82, 2.24) is 4.90 Å². The Labute approximate surface area is 150 Å². The number of piperidine rings is 1. The van der Waals surface area contributed by atoms with E-state index in [4.69, 9.17) is 5.73 Å². The standard InChI is InChI=1S/C20H29N3O2/c1-14-5-2-3-12-23(14)20(25)15-8-10-17(11-9-15)22-19(24)18-7-4-6-16(18)13-21/h8-11,14,16,18H,2-7,12-13,21H2,1H3,(H,22,24)/t14?,16-,18-/m1/s1. The van der Waals surface area contributed by atoms with Crippen LogP contribution in [-0.2, 0) is 4.79 Å². The van der Waals surface area contributed by atoms with Gasteiger partial charge in [-0.25, -0.2) is 0 Å². The van der Waals surface area contributed by atoms with Crippen molar-refractivity contribution in [2.75, 3.05) is 18.4 Å². The Morgan fingerprint density at radius 1 is 1.12 bits per heavy atom. The minimum absolute atomic E-state index is 0.0144. The van der Waals surface area contributed by atoms with Gasteiger partial charge in [0.15, 0.2) is 0 Å². The second kappa shape index (κ2) is 8.00. The molecule has 3 atom stereocenters. The number of hydrogen-bond acceptors (Lipinski definition) is 3. The molecule has 3 rings (SSSR count). The van der Waals surface area contributed by atoms with Crippen molar-refractivity contribution in [2.45, 2.75) is 51.5 Å². The van der Waals surface area contributed by atoms with Gasteiger partial charge in [0.25, 0.3) is 5.91 Å². The molecule has 0 radical (unpaired) electrons. The Morgan fingerprint density at radius 3 is 2.56 bits per heavy atom. The quantitative estimate of drug-likeness (QED) is 0.882. The van der Waals surface area contributed by atoms with Crippen molar-refractivity contribution in [3.8, 4) is 0 Å². The molecule has 1 aliphatic carbocycles. The van der Waals surface area contributed by atoms with Gasteiger partial charge in [-0.05, 0) is 75.8 Å². The third-order valence-electron chi connectivity index (χ3n) is 5.76. The smallest absolute Gasteiger partial charge is 0.254 e. The number of nitrogens with two attached hydrogens (primary N) is 1. The molecule has 2 aliphatic rings. The van der Waals surface area contributed by atoms with Crippen LogP contribution < -0.4 is 11.1 Å². The molecule has 1 aromatic rings. The van der Waals surface area contributed by atoms with Crippen LogP contribution in [0.2, 0.25) is 0 Å². The van der Waals surface area contributed by atoms with Gasteiger partial charge in [0.2, 0.25) is 5.91 Å². The summed E-state index contributed by atoms with van der Waals surface area (Å²) in [6.07, 6.45) is 6.37. The first-order valence-corrected chi connectivity index (χ1v) is 9.52. The van der Waals surface area contributed by atoms with E-state index in [1.165, 1.54) is 6.42 Å². The van der Waals surface area contributed by atoms with Crippen molar-refractivity contribution in [1.29, 1.82) is 0 Å². The van der Waals surface area contributed by atoms with Crippen LogP contribution >= 0.6 is 0 Å². The lowest BCUT2D eigenvalue weighted by Gasteiger charge is -2.33. The van der Waals surface area contributed by atoms with Gasteiger partial charge < -0.3 is 16.0 Å². The van der Waals surface area contributed by atoms with Gasteiger partial charge in [-0.1, -0.05) is 6.42 Å². The lowest BCUT2D eigenvalue weighted by Crippen LogP contribution is -2.42. The zero-order valence-corrected chi connectivity index (χ0v) is 15.0. The molecule has 0 spiro atoms. The molecule has 2 fully saturated rings. The number of benzene rings is 1. The van der Waals surface area contributed by atoms with Crippen molar-refractivity contribution >= 4 is 17.5 Å². The monoisotopic (exact) mass is 343 g/mol. The molecule has 136 valence electrons. The Bertz CT molecular complexity index is 614. The summed E-state index contributed by atoms with van der Waals surface area (Å²) in [5.41, 5.74) is 7.20. The van der Waals surface area contributed by atoms with Crippen LogP contribution in [0.4, 0.5) is 5.69 Å². The third kappa shape index (κ3) is 4.03. The highest BCUT2D eigenvalue weighted by Gasteiger charge is 2.32. The summed E-state index contributed by atoms with van der Waals surface area (Å²) in [5.74, 6) is 0.447. The molecule has 5 nitrogen and oxygen atoms in total. The molecule has 5 heteroatoms. The van der Waals surface area contributed by atoms with E-state index in [0.717, 1.165) is 44.3 Å². The number of amides is 2. The molecule has 1 saturated heterocycles. The van der Waals surface area contributed by atoms with E-state index in [-0.39, 0.29) is 17.7 Å². The molecule has 25 heavy (non-hydrogen) atoms. The number of rotatable bonds is 4. The van der Waals surface area contributed by atoms with Crippen LogP contribution in [-0.4, -0.2) is 35.8 Å². The van der Waals surface area contributed by atoms with Gasteiger partial charge in [0.1, 0.15) is 0 Å². The molecular weight excluding hydrogens is 314 g/mol. The predicted octanol–water partition coefficient (Wildman–Crippen LogP) is 3.01. The van der Waals surface area contributed by atoms with Gasteiger partial charge in [0, 0.05) is 29.8 Å². The van der Waals surface area contributed by atoms with E-state index >= 15 is 0 Å². The van der Waals surface area contributed by atoms with E-state index in [2.05, 4.69) is 12.2 Å². The highest BCUT2D eigenvalue weighted by Crippen LogP contribution is 2.32. The first-order valence-electron chi connectivity index (χ1n) is 9.52. The van der Waals surface area contributed by atoms with E-state index in [9.17, 15) is 9.59 Å². The molecule has 0 aromatic heterocycles. The van der Waals surface area contributed by atoms with Gasteiger partial charge in [-0.2, -0.15) is 0 Å². The van der Waals surface area contributed by atoms with Crippen molar-refractivity contribution in [3.05, 3.63) is 29.8 Å². The van der Waals surface area contributed by atoms with E-state index in [0.29, 0.717) is 24.1 Å². The molecule has 1 unspecified atom stereocenters. The number of carbonyl (C=O) groups is 2. The number of carbonyl (C=O) groups excluding carboxylic acids is 2. The Hall–Kier alpha value is -1.88. The van der Waals surface area contributed by atoms with E-state index in [1.54, 1.807) is 0 Å². The molecule has 0 bridgehead atoms.